The maximum atomic E-state index is 5.83. The first-order chi connectivity index (χ1) is 43.3. The highest BCUT2D eigenvalue weighted by Crippen LogP contribution is 2.37. The normalized spacial score (nSPS) is 12.1. The third-order valence-electron chi connectivity index (χ3n) is 15.7. The summed E-state index contributed by atoms with van der Waals surface area (Å²) < 4.78 is 30.0. The average molecular weight is 1250 g/mol. The highest BCUT2D eigenvalue weighted by molar-refractivity contribution is 5.45. The highest BCUT2D eigenvalue weighted by Gasteiger charge is 2.30. The predicted molar refractivity (Wildman–Crippen MR) is 389 cm³/mol. The van der Waals surface area contributed by atoms with Crippen molar-refractivity contribution < 1.29 is 23.2 Å². The molecule has 0 unspecified atom stereocenters. The van der Waals surface area contributed by atoms with Gasteiger partial charge in [-0.1, -0.05) is 238 Å². The molecule has 0 fully saturated rings. The lowest BCUT2D eigenvalue weighted by molar-refractivity contribution is 0.138. The lowest BCUT2D eigenvalue weighted by Gasteiger charge is -2.16. The Morgan fingerprint density at radius 3 is 1.26 bits per heavy atom. The molecule has 6 heterocycles. The second-order valence-corrected chi connectivity index (χ2v) is 27.5. The molecule has 0 N–H and O–H groups in total. The van der Waals surface area contributed by atoms with Crippen LogP contribution in [0, 0.1) is 27.7 Å². The monoisotopic (exact) mass is 1250 g/mol. The largest absolute Gasteiger partial charge is 0.487 e. The summed E-state index contributed by atoms with van der Waals surface area (Å²) in [6.07, 6.45) is 12.5. The van der Waals surface area contributed by atoms with Gasteiger partial charge in [-0.15, -0.1) is 0 Å². The fourth-order valence-corrected chi connectivity index (χ4v) is 9.51. The van der Waals surface area contributed by atoms with Gasteiger partial charge in [0, 0.05) is 38.0 Å². The third kappa shape index (κ3) is 28.5. The number of nitrogens with zero attached hydrogens (tertiary/aromatic N) is 5. The van der Waals surface area contributed by atoms with Crippen molar-refractivity contribution in [2.75, 3.05) is 6.79 Å². The number of fused-ring (bicyclic) bond motifs is 2. The van der Waals surface area contributed by atoms with Crippen LogP contribution in [-0.2, 0) is 20.0 Å². The van der Waals surface area contributed by atoms with E-state index in [4.69, 9.17) is 23.2 Å². The number of benzene rings is 5. The van der Waals surface area contributed by atoms with Crippen LogP contribution in [0.4, 0.5) is 0 Å². The second kappa shape index (κ2) is 39.7. The van der Waals surface area contributed by atoms with E-state index in [1.54, 1.807) is 12.5 Å². The van der Waals surface area contributed by atoms with Crippen molar-refractivity contribution in [1.82, 2.24) is 24.7 Å². The average Bonchev–Trinajstić information content (AvgIpc) is 1.72. The van der Waals surface area contributed by atoms with Gasteiger partial charge in [-0.25, -0.2) is 0 Å². The quantitative estimate of drug-likeness (QED) is 0.133. The molecule has 11 rings (SSSR count). The van der Waals surface area contributed by atoms with E-state index >= 15 is 0 Å². The Morgan fingerprint density at radius 1 is 0.457 bits per heavy atom. The van der Waals surface area contributed by atoms with Gasteiger partial charge < -0.3 is 23.2 Å². The molecule has 0 amide bonds. The molecule has 5 aromatic carbocycles. The van der Waals surface area contributed by atoms with Crippen LogP contribution in [0.5, 0.6) is 17.2 Å². The Bertz CT molecular complexity index is 3320. The zero-order valence-corrected chi connectivity index (χ0v) is 61.6. The maximum Gasteiger partial charge on any atom is 0.231 e. The molecule has 0 bridgehead atoms. The molecule has 92 heavy (non-hydrogen) atoms. The van der Waals surface area contributed by atoms with E-state index in [0.29, 0.717) is 60.1 Å². The first-order valence-electron chi connectivity index (χ1n) is 33.7. The lowest BCUT2D eigenvalue weighted by Crippen LogP contribution is -2.24. The highest BCUT2D eigenvalue weighted by atomic mass is 16.7. The van der Waals surface area contributed by atoms with Gasteiger partial charge >= 0.3 is 0 Å². The van der Waals surface area contributed by atoms with Crippen molar-refractivity contribution >= 4 is 0 Å². The Balaban J connectivity index is 0.000000271. The maximum absolute atomic E-state index is 5.83. The van der Waals surface area contributed by atoms with E-state index in [1.807, 2.05) is 73.1 Å². The van der Waals surface area contributed by atoms with E-state index in [9.17, 15) is 0 Å². The zero-order valence-electron chi connectivity index (χ0n) is 61.6. The minimum atomic E-state index is -0.0159. The van der Waals surface area contributed by atoms with Gasteiger partial charge in [0.05, 0.1) is 30.6 Å². The van der Waals surface area contributed by atoms with E-state index < -0.39 is 0 Å². The van der Waals surface area contributed by atoms with Gasteiger partial charge in [0.2, 0.25) is 6.79 Å². The molecule has 0 spiro atoms. The molecule has 0 radical (unpaired) electrons. The number of ether oxygens (including phenoxy) is 3. The van der Waals surface area contributed by atoms with Crippen LogP contribution in [0.15, 0.2) is 168 Å². The van der Waals surface area contributed by atoms with Gasteiger partial charge in [0.25, 0.3) is 0 Å². The van der Waals surface area contributed by atoms with Crippen LogP contribution in [0.25, 0.3) is 0 Å². The molecule has 502 valence electrons. The number of furan rings is 1. The zero-order chi connectivity index (χ0) is 68.8. The van der Waals surface area contributed by atoms with Crippen LogP contribution in [0.3, 0.4) is 0 Å². The van der Waals surface area contributed by atoms with E-state index in [2.05, 4.69) is 278 Å². The molecule has 2 aliphatic heterocycles. The van der Waals surface area contributed by atoms with Crippen LogP contribution in [0.1, 0.15) is 277 Å². The molecule has 4 aromatic heterocycles. The van der Waals surface area contributed by atoms with E-state index in [1.165, 1.54) is 66.8 Å². The van der Waals surface area contributed by atoms with Crippen molar-refractivity contribution in [2.45, 2.75) is 245 Å². The first-order valence-corrected chi connectivity index (χ1v) is 33.7. The Morgan fingerprint density at radius 2 is 0.902 bits per heavy atom. The number of hydrogen-bond acceptors (Lipinski definition) is 8. The van der Waals surface area contributed by atoms with Crippen molar-refractivity contribution in [1.29, 1.82) is 0 Å². The van der Waals surface area contributed by atoms with Crippen molar-refractivity contribution in [2.24, 2.45) is 7.05 Å². The second-order valence-electron chi connectivity index (χ2n) is 27.5. The van der Waals surface area contributed by atoms with Crippen LogP contribution in [-0.4, -0.2) is 37.1 Å². The number of rotatable bonds is 10. The summed E-state index contributed by atoms with van der Waals surface area (Å²) in [4.78, 5) is 0. The summed E-state index contributed by atoms with van der Waals surface area (Å²) in [6.45, 7) is 55.2. The van der Waals surface area contributed by atoms with Crippen molar-refractivity contribution in [3.63, 3.8) is 0 Å². The summed E-state index contributed by atoms with van der Waals surface area (Å²) in [5.41, 5.74) is 17.1. The Kier molecular flexibility index (Phi) is 34.0. The fraction of sp³-hybridized carbons (Fsp3) is 0.476. The summed E-state index contributed by atoms with van der Waals surface area (Å²) in [7, 11) is 1.94. The van der Waals surface area contributed by atoms with E-state index in [-0.39, 0.29) is 5.60 Å². The SMILES string of the molecule is CC(C)c1ccc2c(c1)CC(C)(C)O2.CC(C)c1ccc2c(c1)OCO2.CC(C)c1ccccc1.CC(C)c1ccoc1.CC(C)c1cnn(C)c1.CCn1cc(C(C)C)cn1.Cc1ccc(C(C)C)cc1.Cc1ccc(C(C)C)cc1.Cc1noc(C)c1C(C)C. The van der Waals surface area contributed by atoms with Gasteiger partial charge in [-0.2, -0.15) is 10.2 Å². The smallest absolute Gasteiger partial charge is 0.231 e. The number of hydrogen-bond donors (Lipinski definition) is 0. The van der Waals surface area contributed by atoms with Gasteiger partial charge in [0.1, 0.15) is 17.1 Å². The van der Waals surface area contributed by atoms with Crippen LogP contribution in [0.2, 0.25) is 0 Å². The van der Waals surface area contributed by atoms with Gasteiger partial charge in [-0.05, 0) is 176 Å². The lowest BCUT2D eigenvalue weighted by atomic mass is 9.96. The molecular weight excluding hydrogens is 1130 g/mol. The molecule has 0 aliphatic carbocycles. The molecular formula is C82H119N5O5. The third-order valence-corrected chi connectivity index (χ3v) is 15.7. The summed E-state index contributed by atoms with van der Waals surface area (Å²) in [5.74, 6) is 9.17. The standard InChI is InChI=1S/C13H18O.C10H12O2.2C10H14.C9H12.C8H14N2.C8H13NO.C7H12N2.C7H10O/c1-9(2)10-5-6-12-11(7-10)8-13(3,4)14-12;1-7(2)8-3-4-9-10(5-8)12-6-11-9;2*1-8(2)10-6-4-9(3)5-7-10;1-8(2)9-6-4-3-5-7-9;1-4-10-6-8(5-9-10)7(2)3;1-5(2)8-6(3)9-10-7(8)4;1-6(2)7-4-8-9(3)5-7;1-6(2)7-3-4-8-5-7/h5-7,9H,8H2,1-4H3;3-5,7H,6H2,1-2H3;2*4-8H,1-3H3;3-8H,1-2H3;5-7H,4H2,1-3H3;5H,1-4H3;4-6H,1-3H3;3-6H,1-2H3. The van der Waals surface area contributed by atoms with Crippen molar-refractivity contribution in [3.8, 4) is 17.2 Å². The number of aryl methyl sites for hydroxylation is 6. The van der Waals surface area contributed by atoms with Crippen molar-refractivity contribution in [3.05, 3.63) is 237 Å². The van der Waals surface area contributed by atoms with E-state index in [0.717, 1.165) is 41.7 Å². The minimum Gasteiger partial charge on any atom is -0.487 e. The first kappa shape index (κ1) is 78.7. The number of aromatic nitrogens is 5. The summed E-state index contributed by atoms with van der Waals surface area (Å²) in [5, 5.41) is 12.1. The summed E-state index contributed by atoms with van der Waals surface area (Å²) >= 11 is 0. The topological polar surface area (TPSA) is 102 Å². The van der Waals surface area contributed by atoms with Crippen LogP contribution >= 0.6 is 0 Å². The molecule has 0 saturated heterocycles. The fourth-order valence-electron chi connectivity index (χ4n) is 9.51. The molecule has 10 nitrogen and oxygen atoms in total. The van der Waals surface area contributed by atoms with Gasteiger partial charge in [-0.3, -0.25) is 9.36 Å². The molecule has 0 saturated carbocycles. The molecule has 0 atom stereocenters. The Hall–Kier alpha value is -7.59. The molecule has 9 aromatic rings. The predicted octanol–water partition coefficient (Wildman–Crippen LogP) is 23.5. The van der Waals surface area contributed by atoms with Crippen LogP contribution < -0.4 is 14.2 Å². The molecule has 2 aliphatic rings. The summed E-state index contributed by atoms with van der Waals surface area (Å²) in [6, 6.07) is 42.6. The Labute approximate surface area is 557 Å². The van der Waals surface area contributed by atoms with Gasteiger partial charge in [0.15, 0.2) is 11.5 Å². The minimum absolute atomic E-state index is 0.0159. The molecule has 10 heteroatoms.